The number of Topliss-reactive ketones (excluding diaryl/α,β-unsaturated/α-hetero) is 1. The van der Waals surface area contributed by atoms with Crippen LogP contribution in [-0.4, -0.2) is 37.5 Å². The number of hydrazine groups is 1. The lowest BCUT2D eigenvalue weighted by molar-refractivity contribution is -0.117. The number of aliphatic hydroxyl groups excluding tert-OH is 1. The first-order valence-corrected chi connectivity index (χ1v) is 10.7. The molecule has 2 aliphatic heterocycles. The fraction of sp³-hybridized carbons (Fsp3) is 0.375. The molecular weight excluding hydrogens is 413 g/mol. The number of allylic oxidation sites excluding steroid dienone is 2. The van der Waals surface area contributed by atoms with Gasteiger partial charge in [0.25, 0.3) is 0 Å². The number of hydrogen-bond donors (Lipinski definition) is 4. The molecule has 5 atom stereocenters. The van der Waals surface area contributed by atoms with E-state index in [1.165, 1.54) is 12.1 Å². The largest absolute Gasteiger partial charge is 0.493 e. The monoisotopic (exact) mass is 439 g/mol. The quantitative estimate of drug-likeness (QED) is 0.581. The summed E-state index contributed by atoms with van der Waals surface area (Å²) in [4.78, 5) is 13.5. The van der Waals surface area contributed by atoms with E-state index >= 15 is 0 Å². The highest BCUT2D eigenvalue weighted by molar-refractivity contribution is 5.99. The molecule has 2 aromatic carbocycles. The summed E-state index contributed by atoms with van der Waals surface area (Å²) in [7, 11) is 3.18. The molecule has 0 saturated carbocycles. The molecule has 4 N–H and O–H groups in total. The third-order valence-corrected chi connectivity index (χ3v) is 6.78. The Kier molecular flexibility index (Phi) is 5.36. The molecule has 2 heterocycles. The van der Waals surface area contributed by atoms with Crippen LogP contribution in [0.25, 0.3) is 0 Å². The van der Waals surface area contributed by atoms with Crippen molar-refractivity contribution in [2.24, 2.45) is 5.92 Å². The average Bonchev–Trinajstić information content (AvgIpc) is 3.18. The highest BCUT2D eigenvalue weighted by Crippen LogP contribution is 2.47. The maximum absolute atomic E-state index is 13.6. The molecule has 0 amide bonds. The molecule has 3 aliphatic rings. The van der Waals surface area contributed by atoms with Gasteiger partial charge in [-0.25, -0.2) is 15.2 Å². The topological polar surface area (TPSA) is 91.9 Å². The second-order valence-electron chi connectivity index (χ2n) is 8.50. The average molecular weight is 439 g/mol. The Labute approximate surface area is 185 Å². The van der Waals surface area contributed by atoms with E-state index in [0.717, 1.165) is 16.8 Å². The van der Waals surface area contributed by atoms with E-state index in [-0.39, 0.29) is 35.5 Å². The number of aliphatic hydroxyl groups is 1. The third kappa shape index (κ3) is 3.44. The Balaban J connectivity index is 1.54. The van der Waals surface area contributed by atoms with Crippen molar-refractivity contribution in [3.63, 3.8) is 0 Å². The minimum absolute atomic E-state index is 0.0155. The highest BCUT2D eigenvalue weighted by Gasteiger charge is 2.49. The second kappa shape index (κ2) is 8.20. The van der Waals surface area contributed by atoms with Gasteiger partial charge in [-0.2, -0.15) is 0 Å². The van der Waals surface area contributed by atoms with Gasteiger partial charge in [-0.05, 0) is 47.7 Å². The number of rotatable bonds is 4. The second-order valence-corrected chi connectivity index (χ2v) is 8.50. The molecule has 0 aromatic heterocycles. The minimum Gasteiger partial charge on any atom is -0.493 e. The smallest absolute Gasteiger partial charge is 0.161 e. The Bertz CT molecular complexity index is 1070. The van der Waals surface area contributed by atoms with Gasteiger partial charge in [0, 0.05) is 29.5 Å². The van der Waals surface area contributed by atoms with Crippen molar-refractivity contribution in [3.05, 3.63) is 70.7 Å². The predicted molar refractivity (Wildman–Crippen MR) is 115 cm³/mol. The van der Waals surface area contributed by atoms with Gasteiger partial charge in [0.15, 0.2) is 17.3 Å². The predicted octanol–water partition coefficient (Wildman–Crippen LogP) is 2.30. The van der Waals surface area contributed by atoms with Crippen molar-refractivity contribution in [2.45, 2.75) is 37.1 Å². The number of fused-ring (bicyclic) bond motifs is 1. The summed E-state index contributed by atoms with van der Waals surface area (Å²) < 4.78 is 24.4. The third-order valence-electron chi connectivity index (χ3n) is 6.78. The fourth-order valence-electron chi connectivity index (χ4n) is 5.27. The van der Waals surface area contributed by atoms with E-state index in [4.69, 9.17) is 9.47 Å². The zero-order valence-corrected chi connectivity index (χ0v) is 17.9. The zero-order chi connectivity index (χ0) is 22.4. The Hall–Kier alpha value is -2.94. The van der Waals surface area contributed by atoms with E-state index in [2.05, 4.69) is 16.2 Å². The van der Waals surface area contributed by atoms with E-state index in [9.17, 15) is 14.3 Å². The Morgan fingerprint density at radius 2 is 1.69 bits per heavy atom. The van der Waals surface area contributed by atoms with Crippen LogP contribution >= 0.6 is 0 Å². The zero-order valence-electron chi connectivity index (χ0n) is 17.9. The van der Waals surface area contributed by atoms with E-state index in [1.54, 1.807) is 26.4 Å². The molecule has 1 fully saturated rings. The molecule has 0 radical (unpaired) electrons. The first kappa shape index (κ1) is 20.9. The maximum Gasteiger partial charge on any atom is 0.161 e. The lowest BCUT2D eigenvalue weighted by Crippen LogP contribution is -2.51. The summed E-state index contributed by atoms with van der Waals surface area (Å²) in [5.74, 6) is 0.309. The van der Waals surface area contributed by atoms with Crippen LogP contribution < -0.4 is 25.6 Å². The molecule has 1 aliphatic carbocycles. The molecule has 168 valence electrons. The van der Waals surface area contributed by atoms with Crippen LogP contribution in [0.1, 0.15) is 35.8 Å². The molecular formula is C24H26FN3O4. The van der Waals surface area contributed by atoms with Crippen molar-refractivity contribution in [1.82, 2.24) is 16.2 Å². The Morgan fingerprint density at radius 1 is 0.969 bits per heavy atom. The van der Waals surface area contributed by atoms with Crippen LogP contribution in [-0.2, 0) is 4.79 Å². The van der Waals surface area contributed by atoms with Crippen molar-refractivity contribution < 1.29 is 23.8 Å². The van der Waals surface area contributed by atoms with Gasteiger partial charge in [0.2, 0.25) is 0 Å². The van der Waals surface area contributed by atoms with Gasteiger partial charge in [-0.15, -0.1) is 0 Å². The molecule has 5 rings (SSSR count). The number of ketones is 1. The van der Waals surface area contributed by atoms with E-state index in [0.29, 0.717) is 29.9 Å². The van der Waals surface area contributed by atoms with Crippen LogP contribution in [0.15, 0.2) is 53.7 Å². The number of benzene rings is 2. The number of hydrogen-bond acceptors (Lipinski definition) is 7. The number of nitrogens with one attached hydrogen (secondary N) is 3. The van der Waals surface area contributed by atoms with Gasteiger partial charge in [-0.1, -0.05) is 18.2 Å². The van der Waals surface area contributed by atoms with Crippen LogP contribution in [0, 0.1) is 11.7 Å². The van der Waals surface area contributed by atoms with Crippen LogP contribution in [0.4, 0.5) is 4.39 Å². The number of ether oxygens (including phenoxy) is 2. The van der Waals surface area contributed by atoms with Crippen LogP contribution in [0.5, 0.6) is 11.5 Å². The number of halogens is 1. The summed E-state index contributed by atoms with van der Waals surface area (Å²) in [5.41, 5.74) is 9.32. The van der Waals surface area contributed by atoms with E-state index < -0.39 is 6.23 Å². The van der Waals surface area contributed by atoms with E-state index in [1.807, 2.05) is 18.2 Å². The van der Waals surface area contributed by atoms with Crippen LogP contribution in [0.3, 0.4) is 0 Å². The van der Waals surface area contributed by atoms with Gasteiger partial charge < -0.3 is 19.9 Å². The Morgan fingerprint density at radius 3 is 2.41 bits per heavy atom. The summed E-state index contributed by atoms with van der Waals surface area (Å²) >= 11 is 0. The summed E-state index contributed by atoms with van der Waals surface area (Å²) in [6.45, 7) is 0. The maximum atomic E-state index is 13.6. The highest BCUT2D eigenvalue weighted by atomic mass is 19.1. The van der Waals surface area contributed by atoms with Gasteiger partial charge >= 0.3 is 0 Å². The molecule has 8 heteroatoms. The summed E-state index contributed by atoms with van der Waals surface area (Å²) in [5, 5.41) is 14.0. The molecule has 32 heavy (non-hydrogen) atoms. The number of methoxy groups -OCH3 is 2. The molecule has 7 nitrogen and oxygen atoms in total. The number of carbonyl (C=O) groups excluding carboxylic acids is 1. The molecule has 0 bridgehead atoms. The lowest BCUT2D eigenvalue weighted by atomic mass is 9.69. The molecule has 1 saturated heterocycles. The van der Waals surface area contributed by atoms with Crippen molar-refractivity contribution in [1.29, 1.82) is 0 Å². The van der Waals surface area contributed by atoms with Crippen molar-refractivity contribution in [2.75, 3.05) is 14.2 Å². The summed E-state index contributed by atoms with van der Waals surface area (Å²) in [6.07, 6.45) is -0.0965. The van der Waals surface area contributed by atoms with Crippen molar-refractivity contribution >= 4 is 5.78 Å². The normalized spacial score (nSPS) is 29.2. The molecule has 0 spiro atoms. The lowest BCUT2D eigenvalue weighted by Gasteiger charge is -2.42. The van der Waals surface area contributed by atoms with Crippen LogP contribution in [0.2, 0.25) is 0 Å². The SMILES string of the molecule is COc1ccc([C@H]2CC(=O)C3=C(C2)NC2NNC(O)C2[C@@H]3c2ccc(F)cc2)cc1OC. The van der Waals surface area contributed by atoms with Crippen molar-refractivity contribution in [3.8, 4) is 11.5 Å². The standard InChI is InChI=1S/C24H26FN3O4/c1-31-18-8-5-13(11-19(18)32-2)14-9-16-21(17(29)10-14)20(12-3-6-15(25)7-4-12)22-23(26-16)27-28-24(22)30/h3-8,11,14,20,22-24,26-28,30H,9-10H2,1-2H3/t14-,20-,22?,23?,24?/m1/s1. The molecule has 3 unspecified atom stereocenters. The van der Waals surface area contributed by atoms with Gasteiger partial charge in [-0.3, -0.25) is 4.79 Å². The first-order valence-electron chi connectivity index (χ1n) is 10.7. The van der Waals surface area contributed by atoms with Gasteiger partial charge in [0.1, 0.15) is 12.0 Å². The summed E-state index contributed by atoms with van der Waals surface area (Å²) in [6, 6.07) is 11.9. The first-order chi connectivity index (χ1) is 15.5. The molecule has 2 aromatic rings. The fourth-order valence-corrected chi connectivity index (χ4v) is 5.27. The minimum atomic E-state index is -0.840. The number of carbonyl (C=O) groups is 1. The van der Waals surface area contributed by atoms with Gasteiger partial charge in [0.05, 0.1) is 20.4 Å².